The quantitative estimate of drug-likeness (QED) is 0.0234. The van der Waals surface area contributed by atoms with Crippen molar-refractivity contribution in [1.29, 1.82) is 0 Å². The van der Waals surface area contributed by atoms with Crippen LogP contribution in [0, 0.1) is 0 Å². The number of esters is 3. The van der Waals surface area contributed by atoms with E-state index in [1.54, 1.807) is 133 Å². The molecule has 0 bridgehead atoms. The number of hydrogen-bond acceptors (Lipinski definition) is 15. The van der Waals surface area contributed by atoms with Gasteiger partial charge in [-0.3, -0.25) is 14.4 Å². The Kier molecular flexibility index (Phi) is 18.9. The molecule has 0 fully saturated rings. The van der Waals surface area contributed by atoms with Crippen molar-refractivity contribution >= 4 is 82.1 Å². The molecular formula is C62H48N6O12. The molecule has 8 aromatic carbocycles. The molecule has 0 aromatic heterocycles. The van der Waals surface area contributed by atoms with Crippen LogP contribution >= 0.6 is 0 Å². The number of carbonyl (C=O) groups is 6. The third kappa shape index (κ3) is 16.6. The van der Waals surface area contributed by atoms with Crippen LogP contribution in [0.1, 0.15) is 78.2 Å². The van der Waals surface area contributed by atoms with Crippen LogP contribution in [0.5, 0.6) is 17.2 Å². The maximum absolute atomic E-state index is 13.5. The van der Waals surface area contributed by atoms with Gasteiger partial charge in [-0.1, -0.05) is 78.9 Å². The van der Waals surface area contributed by atoms with Gasteiger partial charge < -0.3 is 29.5 Å². The number of rotatable bonds is 23. The lowest BCUT2D eigenvalue weighted by molar-refractivity contribution is -0.135. The molecule has 18 nitrogen and oxygen atoms in total. The summed E-state index contributed by atoms with van der Waals surface area (Å²) >= 11 is 0. The van der Waals surface area contributed by atoms with E-state index in [0.717, 1.165) is 11.1 Å². The molecule has 80 heavy (non-hydrogen) atoms. The highest BCUT2D eigenvalue weighted by molar-refractivity contribution is 5.89. The van der Waals surface area contributed by atoms with Crippen molar-refractivity contribution in [3.8, 4) is 17.2 Å². The molecule has 0 unspecified atom stereocenters. The Morgan fingerprint density at radius 2 is 0.650 bits per heavy atom. The molecule has 0 aliphatic carbocycles. The fourth-order valence-electron chi connectivity index (χ4n) is 7.71. The Morgan fingerprint density at radius 3 is 0.988 bits per heavy atom. The van der Waals surface area contributed by atoms with Gasteiger partial charge in [0.05, 0.1) is 70.1 Å². The number of carboxylic acids is 3. The second kappa shape index (κ2) is 27.3. The van der Waals surface area contributed by atoms with Gasteiger partial charge in [-0.2, -0.15) is 30.7 Å². The minimum Gasteiger partial charge on any atom is -0.478 e. The summed E-state index contributed by atoms with van der Waals surface area (Å²) < 4.78 is 17.3. The summed E-state index contributed by atoms with van der Waals surface area (Å²) in [5.74, 6) is -4.24. The number of hydrogen-bond donors (Lipinski definition) is 3. The van der Waals surface area contributed by atoms with Gasteiger partial charge in [0.2, 0.25) is 0 Å². The van der Waals surface area contributed by atoms with Gasteiger partial charge in [-0.15, -0.1) is 0 Å². The minimum atomic E-state index is -1.06. The molecule has 0 radical (unpaired) electrons. The summed E-state index contributed by atoms with van der Waals surface area (Å²) in [6, 6.07) is 50.9. The van der Waals surface area contributed by atoms with E-state index in [9.17, 15) is 39.0 Å². The summed E-state index contributed by atoms with van der Waals surface area (Å²) in [5.41, 5.74) is 6.75. The van der Waals surface area contributed by atoms with Crippen LogP contribution in [-0.4, -0.2) is 51.1 Å². The zero-order chi connectivity index (χ0) is 56.2. The van der Waals surface area contributed by atoms with Gasteiger partial charge in [-0.05, 0) is 162 Å². The molecular weight excluding hydrogens is 1020 g/mol. The predicted octanol–water partition coefficient (Wildman–Crippen LogP) is 14.8. The first-order valence-corrected chi connectivity index (χ1v) is 24.8. The van der Waals surface area contributed by atoms with E-state index >= 15 is 0 Å². The SMILES string of the molecule is O=C(CCc1ccccc1N=Nc1ccc(C(=O)O)cc1)Oc1ccc(/C=C/c2cc(OC(=O)CCc3ccccc3N=Nc3ccc(C(=O)O)cc3)cc(OC(=O)CCc3ccccc3N=Nc3ccc(C(=O)O)cc3)c2)cc1. The van der Waals surface area contributed by atoms with Crippen molar-refractivity contribution in [2.75, 3.05) is 0 Å². The van der Waals surface area contributed by atoms with Crippen molar-refractivity contribution < 1.29 is 58.3 Å². The van der Waals surface area contributed by atoms with Gasteiger partial charge in [0.1, 0.15) is 17.2 Å². The maximum Gasteiger partial charge on any atom is 0.335 e. The standard InChI is InChI=1S/C62H48N6O12/c69-57(34-23-42-7-1-4-10-54(42)66-63-48-26-17-45(18-27-48)60(72)73)78-51-32-15-40(16-33-51)13-14-41-37-52(79-58(70)35-24-43-8-2-5-11-55(43)67-64-49-28-19-46(20-29-49)61(74)75)39-53(38-41)80-59(71)36-25-44-9-3-6-12-56(44)68-65-50-30-21-47(22-31-50)62(76)77/h1-22,26-33,37-39H,23-25,34-36H2,(H,72,73)(H,74,75)(H,76,77)/b14-13+,66-63?,67-64?,68-65?. The Bertz CT molecular complexity index is 3520. The molecule has 0 atom stereocenters. The van der Waals surface area contributed by atoms with Gasteiger partial charge >= 0.3 is 35.8 Å². The highest BCUT2D eigenvalue weighted by Gasteiger charge is 2.15. The molecule has 3 N–H and O–H groups in total. The maximum atomic E-state index is 13.5. The van der Waals surface area contributed by atoms with Crippen molar-refractivity contribution in [1.82, 2.24) is 0 Å². The van der Waals surface area contributed by atoms with Crippen LogP contribution in [0.3, 0.4) is 0 Å². The zero-order valence-electron chi connectivity index (χ0n) is 42.5. The van der Waals surface area contributed by atoms with Crippen LogP contribution in [0.4, 0.5) is 34.1 Å². The summed E-state index contributed by atoms with van der Waals surface area (Å²) in [7, 11) is 0. The molecule has 0 spiro atoms. The van der Waals surface area contributed by atoms with Crippen LogP contribution in [0.15, 0.2) is 219 Å². The normalized spacial score (nSPS) is 11.3. The van der Waals surface area contributed by atoms with E-state index in [1.807, 2.05) is 24.3 Å². The lowest BCUT2D eigenvalue weighted by atomic mass is 10.1. The van der Waals surface area contributed by atoms with Crippen molar-refractivity contribution in [3.63, 3.8) is 0 Å². The molecule has 398 valence electrons. The number of benzene rings is 8. The number of nitrogens with zero attached hydrogens (tertiary/aromatic N) is 6. The summed E-state index contributed by atoms with van der Waals surface area (Å²) in [4.78, 5) is 73.6. The fourth-order valence-corrected chi connectivity index (χ4v) is 7.71. The summed E-state index contributed by atoms with van der Waals surface area (Å²) in [5, 5.41) is 53.3. The lowest BCUT2D eigenvalue weighted by Crippen LogP contribution is -2.11. The highest BCUT2D eigenvalue weighted by Crippen LogP contribution is 2.30. The second-order valence-corrected chi connectivity index (χ2v) is 17.6. The first-order chi connectivity index (χ1) is 38.8. The van der Waals surface area contributed by atoms with Crippen molar-refractivity contribution in [2.24, 2.45) is 30.7 Å². The van der Waals surface area contributed by atoms with Gasteiger partial charge in [0, 0.05) is 6.07 Å². The Morgan fingerprint density at radius 1 is 0.338 bits per heavy atom. The third-order valence-corrected chi connectivity index (χ3v) is 11.9. The van der Waals surface area contributed by atoms with Crippen LogP contribution in [-0.2, 0) is 33.6 Å². The van der Waals surface area contributed by atoms with E-state index in [4.69, 9.17) is 19.3 Å². The van der Waals surface area contributed by atoms with Crippen molar-refractivity contribution in [3.05, 3.63) is 233 Å². The molecule has 0 amide bonds. The van der Waals surface area contributed by atoms with E-state index < -0.39 is 35.8 Å². The molecule has 8 rings (SSSR count). The fraction of sp³-hybridized carbons (Fsp3) is 0.0968. The zero-order valence-corrected chi connectivity index (χ0v) is 42.5. The largest absolute Gasteiger partial charge is 0.478 e. The van der Waals surface area contributed by atoms with E-state index in [2.05, 4.69) is 30.7 Å². The molecule has 0 aliphatic heterocycles. The van der Waals surface area contributed by atoms with E-state index in [0.29, 0.717) is 63.0 Å². The van der Waals surface area contributed by atoms with Crippen LogP contribution in [0.2, 0.25) is 0 Å². The Labute approximate surface area is 457 Å². The average molecular weight is 1070 g/mol. The molecule has 8 aromatic rings. The molecule has 0 saturated heterocycles. The lowest BCUT2D eigenvalue weighted by Gasteiger charge is -2.11. The van der Waals surface area contributed by atoms with Crippen LogP contribution < -0.4 is 14.2 Å². The van der Waals surface area contributed by atoms with E-state index in [1.165, 1.54) is 42.5 Å². The number of aryl methyl sites for hydroxylation is 3. The monoisotopic (exact) mass is 1070 g/mol. The number of carbonyl (C=O) groups excluding carboxylic acids is 3. The summed E-state index contributed by atoms with van der Waals surface area (Å²) in [6.07, 6.45) is 4.28. The first kappa shape index (κ1) is 55.4. The second-order valence-electron chi connectivity index (χ2n) is 17.6. The van der Waals surface area contributed by atoms with Gasteiger partial charge in [-0.25, -0.2) is 14.4 Å². The van der Waals surface area contributed by atoms with Gasteiger partial charge in [0.25, 0.3) is 0 Å². The van der Waals surface area contributed by atoms with E-state index in [-0.39, 0.29) is 60.3 Å². The van der Waals surface area contributed by atoms with Crippen LogP contribution in [0.25, 0.3) is 12.2 Å². The predicted molar refractivity (Wildman–Crippen MR) is 296 cm³/mol. The molecule has 18 heteroatoms. The average Bonchev–Trinajstić information content (AvgIpc) is 3.46. The molecule has 0 aliphatic rings. The molecule has 0 heterocycles. The highest BCUT2D eigenvalue weighted by atomic mass is 16.5. The molecule has 0 saturated carbocycles. The Hall–Kier alpha value is -10.9. The first-order valence-electron chi connectivity index (χ1n) is 24.8. The Balaban J connectivity index is 0.922. The summed E-state index contributed by atoms with van der Waals surface area (Å²) in [6.45, 7) is 0. The number of carboxylic acid groups (broad SMARTS) is 3. The van der Waals surface area contributed by atoms with Gasteiger partial charge in [0.15, 0.2) is 0 Å². The minimum absolute atomic E-state index is 0.0518. The smallest absolute Gasteiger partial charge is 0.335 e. The number of aromatic carboxylic acids is 3. The van der Waals surface area contributed by atoms with Crippen molar-refractivity contribution in [2.45, 2.75) is 38.5 Å². The third-order valence-electron chi connectivity index (χ3n) is 11.9. The number of ether oxygens (including phenoxy) is 3. The number of azo groups is 3. The topological polar surface area (TPSA) is 265 Å².